The van der Waals surface area contributed by atoms with E-state index in [0.29, 0.717) is 0 Å². The first-order valence-corrected chi connectivity index (χ1v) is 11.9. The van der Waals surface area contributed by atoms with Gasteiger partial charge < -0.3 is 5.73 Å². The molecule has 0 unspecified atom stereocenters. The van der Waals surface area contributed by atoms with Crippen LogP contribution in [0.1, 0.15) is 17.0 Å². The molecule has 0 fully saturated rings. The van der Waals surface area contributed by atoms with Crippen LogP contribution in [-0.4, -0.2) is 32.7 Å². The van der Waals surface area contributed by atoms with Crippen molar-refractivity contribution in [1.82, 2.24) is 19.9 Å². The Morgan fingerprint density at radius 3 is 2.50 bits per heavy atom. The zero-order valence-electron chi connectivity index (χ0n) is 18.0. The van der Waals surface area contributed by atoms with E-state index in [4.69, 9.17) is 15.7 Å². The molecular weight excluding hydrogens is 414 g/mol. The number of thioether (sulfide) groups is 1. The van der Waals surface area contributed by atoms with Gasteiger partial charge >= 0.3 is 0 Å². The molecule has 0 aliphatic carbocycles. The number of anilines is 1. The Morgan fingerprint density at radius 1 is 0.938 bits per heavy atom. The van der Waals surface area contributed by atoms with E-state index in [9.17, 15) is 0 Å². The van der Waals surface area contributed by atoms with Crippen LogP contribution in [0.15, 0.2) is 77.8 Å². The molecular formula is C26H25N5S. The van der Waals surface area contributed by atoms with Gasteiger partial charge in [-0.2, -0.15) is 0 Å². The van der Waals surface area contributed by atoms with E-state index in [1.54, 1.807) is 11.8 Å². The fourth-order valence-corrected chi connectivity index (χ4v) is 4.41. The lowest BCUT2D eigenvalue weighted by Crippen LogP contribution is -2.31. The molecule has 1 aliphatic rings. The lowest BCUT2D eigenvalue weighted by Gasteiger charge is -2.27. The topological polar surface area (TPSA) is 67.9 Å². The summed E-state index contributed by atoms with van der Waals surface area (Å²) in [6.45, 7) is 2.61. The van der Waals surface area contributed by atoms with E-state index >= 15 is 0 Å². The van der Waals surface area contributed by atoms with Crippen molar-refractivity contribution in [2.24, 2.45) is 0 Å². The molecule has 4 aromatic rings. The summed E-state index contributed by atoms with van der Waals surface area (Å²) in [5.41, 5.74) is 13.1. The largest absolute Gasteiger partial charge is 0.399 e. The highest BCUT2D eigenvalue weighted by Gasteiger charge is 2.19. The van der Waals surface area contributed by atoms with E-state index in [1.165, 1.54) is 10.5 Å². The zero-order chi connectivity index (χ0) is 21.9. The van der Waals surface area contributed by atoms with Crippen LogP contribution < -0.4 is 5.73 Å². The number of nitrogens with two attached hydrogens (primary N) is 1. The number of aromatic nitrogens is 3. The standard InChI is InChI=1S/C26H25N5S/c1-32-23-11-7-18(8-12-23)24-4-2-3-22(29-24)17-31-14-13-25-20(16-31)15-28-26(30-25)19-5-9-21(27)10-6-19/h2-12,15H,13-14,16-17,27H2,1H3. The van der Waals surface area contributed by atoms with Crippen LogP contribution in [0.4, 0.5) is 5.69 Å². The van der Waals surface area contributed by atoms with Gasteiger partial charge in [0.2, 0.25) is 0 Å². The van der Waals surface area contributed by atoms with Gasteiger partial charge in [-0.3, -0.25) is 9.88 Å². The van der Waals surface area contributed by atoms with Crippen LogP contribution in [0.3, 0.4) is 0 Å². The quantitative estimate of drug-likeness (QED) is 0.346. The molecule has 0 saturated carbocycles. The zero-order valence-corrected chi connectivity index (χ0v) is 18.8. The molecule has 1 aliphatic heterocycles. The lowest BCUT2D eigenvalue weighted by molar-refractivity contribution is 0.240. The van der Waals surface area contributed by atoms with Crippen molar-refractivity contribution in [3.63, 3.8) is 0 Å². The molecule has 3 heterocycles. The maximum atomic E-state index is 5.80. The number of nitrogens with zero attached hydrogens (tertiary/aromatic N) is 4. The summed E-state index contributed by atoms with van der Waals surface area (Å²) in [6.07, 6.45) is 4.97. The van der Waals surface area contributed by atoms with Crippen LogP contribution >= 0.6 is 11.8 Å². The highest BCUT2D eigenvalue weighted by Crippen LogP contribution is 2.24. The minimum atomic E-state index is 0.747. The van der Waals surface area contributed by atoms with Crippen molar-refractivity contribution in [3.8, 4) is 22.6 Å². The van der Waals surface area contributed by atoms with E-state index in [-0.39, 0.29) is 0 Å². The van der Waals surface area contributed by atoms with Crippen molar-refractivity contribution < 1.29 is 0 Å². The summed E-state index contributed by atoms with van der Waals surface area (Å²) in [5, 5.41) is 0. The molecule has 0 bridgehead atoms. The second kappa shape index (κ2) is 9.10. The van der Waals surface area contributed by atoms with Gasteiger partial charge in [-0.1, -0.05) is 18.2 Å². The predicted molar refractivity (Wildman–Crippen MR) is 131 cm³/mol. The van der Waals surface area contributed by atoms with Crippen LogP contribution in [0, 0.1) is 0 Å². The summed E-state index contributed by atoms with van der Waals surface area (Å²) in [5.74, 6) is 0.763. The van der Waals surface area contributed by atoms with Gasteiger partial charge in [0.25, 0.3) is 0 Å². The summed E-state index contributed by atoms with van der Waals surface area (Å²) in [7, 11) is 0. The molecule has 0 saturated heterocycles. The highest BCUT2D eigenvalue weighted by molar-refractivity contribution is 7.98. The number of fused-ring (bicyclic) bond motifs is 1. The lowest BCUT2D eigenvalue weighted by atomic mass is 10.1. The van der Waals surface area contributed by atoms with Crippen molar-refractivity contribution in [3.05, 3.63) is 89.9 Å². The first kappa shape index (κ1) is 20.7. The third kappa shape index (κ3) is 4.52. The van der Waals surface area contributed by atoms with Gasteiger partial charge in [0.05, 0.1) is 17.1 Å². The number of pyridine rings is 1. The first-order valence-electron chi connectivity index (χ1n) is 10.7. The van der Waals surface area contributed by atoms with Crippen LogP contribution in [0.5, 0.6) is 0 Å². The van der Waals surface area contributed by atoms with E-state index in [2.05, 4.69) is 58.6 Å². The Kier molecular flexibility index (Phi) is 5.88. The molecule has 5 rings (SSSR count). The number of hydrogen-bond acceptors (Lipinski definition) is 6. The molecule has 5 nitrogen and oxygen atoms in total. The van der Waals surface area contributed by atoms with E-state index in [0.717, 1.165) is 65.8 Å². The molecule has 0 amide bonds. The fourth-order valence-electron chi connectivity index (χ4n) is 4.00. The van der Waals surface area contributed by atoms with Crippen molar-refractivity contribution in [2.75, 3.05) is 18.5 Å². The van der Waals surface area contributed by atoms with Crippen molar-refractivity contribution in [2.45, 2.75) is 24.4 Å². The maximum absolute atomic E-state index is 5.80. The summed E-state index contributed by atoms with van der Waals surface area (Å²) < 4.78 is 0. The van der Waals surface area contributed by atoms with Gasteiger partial charge in [0.1, 0.15) is 0 Å². The molecule has 32 heavy (non-hydrogen) atoms. The van der Waals surface area contributed by atoms with Gasteiger partial charge in [-0.25, -0.2) is 9.97 Å². The highest BCUT2D eigenvalue weighted by atomic mass is 32.2. The Bertz CT molecular complexity index is 1220. The Balaban J connectivity index is 1.29. The maximum Gasteiger partial charge on any atom is 0.159 e. The predicted octanol–water partition coefficient (Wildman–Crippen LogP) is 5.07. The van der Waals surface area contributed by atoms with Gasteiger partial charge in [0.15, 0.2) is 5.82 Å². The van der Waals surface area contributed by atoms with Crippen LogP contribution in [-0.2, 0) is 19.5 Å². The van der Waals surface area contributed by atoms with Crippen molar-refractivity contribution in [1.29, 1.82) is 0 Å². The van der Waals surface area contributed by atoms with Crippen molar-refractivity contribution >= 4 is 17.4 Å². The molecule has 0 radical (unpaired) electrons. The average Bonchev–Trinajstić information content (AvgIpc) is 2.84. The summed E-state index contributed by atoms with van der Waals surface area (Å²) in [6, 6.07) is 22.6. The summed E-state index contributed by atoms with van der Waals surface area (Å²) >= 11 is 1.75. The monoisotopic (exact) mass is 439 g/mol. The van der Waals surface area contributed by atoms with Crippen LogP contribution in [0.25, 0.3) is 22.6 Å². The van der Waals surface area contributed by atoms with E-state index in [1.807, 2.05) is 30.5 Å². The van der Waals surface area contributed by atoms with Gasteiger partial charge in [-0.05, 0) is 54.8 Å². The average molecular weight is 440 g/mol. The number of rotatable bonds is 5. The molecule has 2 N–H and O–H groups in total. The molecule has 2 aromatic carbocycles. The number of hydrogen-bond donors (Lipinski definition) is 1. The van der Waals surface area contributed by atoms with Gasteiger partial charge in [0, 0.05) is 59.5 Å². The third-order valence-corrected chi connectivity index (χ3v) is 6.50. The molecule has 0 atom stereocenters. The molecule has 2 aromatic heterocycles. The Labute approximate surface area is 192 Å². The Morgan fingerprint density at radius 2 is 1.72 bits per heavy atom. The minimum absolute atomic E-state index is 0.747. The fraction of sp³-hybridized carbons (Fsp3) is 0.192. The second-order valence-electron chi connectivity index (χ2n) is 7.99. The van der Waals surface area contributed by atoms with E-state index < -0.39 is 0 Å². The van der Waals surface area contributed by atoms with Crippen LogP contribution in [0.2, 0.25) is 0 Å². The SMILES string of the molecule is CSc1ccc(-c2cccc(CN3CCc4nc(-c5ccc(N)cc5)ncc4C3)n2)cc1. The number of nitrogen functional groups attached to an aromatic ring is 1. The second-order valence-corrected chi connectivity index (χ2v) is 8.87. The first-order chi connectivity index (χ1) is 15.7. The molecule has 0 spiro atoms. The smallest absolute Gasteiger partial charge is 0.159 e. The third-order valence-electron chi connectivity index (χ3n) is 5.76. The summed E-state index contributed by atoms with van der Waals surface area (Å²) in [4.78, 5) is 18.0. The van der Waals surface area contributed by atoms with Gasteiger partial charge in [-0.15, -0.1) is 11.8 Å². The normalized spacial score (nSPS) is 13.7. The Hall–Kier alpha value is -3.22. The minimum Gasteiger partial charge on any atom is -0.399 e. The molecule has 160 valence electrons. The number of benzene rings is 2. The molecule has 6 heteroatoms.